The highest BCUT2D eigenvalue weighted by Crippen LogP contribution is 2.11. The molecule has 0 aromatic heterocycles. The maximum atomic E-state index is 8.64. The second kappa shape index (κ2) is 7.70. The maximum Gasteiger partial charge on any atom is 0.119 e. The minimum atomic E-state index is 0.578. The molecule has 0 spiro atoms. The summed E-state index contributed by atoms with van der Waals surface area (Å²) < 4.78 is 11.0. The number of hydrogen-bond acceptors (Lipinski definition) is 3. The predicted molar refractivity (Wildman–Crippen MR) is 66.9 cm³/mol. The molecule has 17 heavy (non-hydrogen) atoms. The van der Waals surface area contributed by atoms with E-state index in [4.69, 9.17) is 14.7 Å². The first-order valence-electron chi connectivity index (χ1n) is 5.93. The first-order valence-corrected chi connectivity index (χ1v) is 5.93. The summed E-state index contributed by atoms with van der Waals surface area (Å²) >= 11 is 0. The van der Waals surface area contributed by atoms with Crippen LogP contribution in [0.1, 0.15) is 25.8 Å². The number of ether oxygens (including phenoxy) is 2. The van der Waals surface area contributed by atoms with E-state index in [9.17, 15) is 0 Å². The van der Waals surface area contributed by atoms with Crippen LogP contribution in [0.25, 0.3) is 0 Å². The fourth-order valence-electron chi connectivity index (χ4n) is 1.30. The molecule has 0 amide bonds. The Kier molecular flexibility index (Phi) is 6.13. The molecule has 0 saturated carbocycles. The Morgan fingerprint density at radius 3 is 2.47 bits per heavy atom. The van der Waals surface area contributed by atoms with Crippen molar-refractivity contribution in [3.63, 3.8) is 0 Å². The van der Waals surface area contributed by atoms with Gasteiger partial charge >= 0.3 is 0 Å². The van der Waals surface area contributed by atoms with E-state index in [2.05, 4.69) is 19.9 Å². The zero-order valence-electron chi connectivity index (χ0n) is 10.5. The second-order valence-corrected chi connectivity index (χ2v) is 4.31. The molecule has 3 heteroatoms. The van der Waals surface area contributed by atoms with E-state index in [1.807, 2.05) is 12.1 Å². The molecule has 0 bridgehead atoms. The van der Waals surface area contributed by atoms with Gasteiger partial charge in [0.2, 0.25) is 0 Å². The van der Waals surface area contributed by atoms with E-state index in [0.29, 0.717) is 18.1 Å². The molecule has 0 aliphatic heterocycles. The third-order valence-corrected chi connectivity index (χ3v) is 2.14. The summed E-state index contributed by atoms with van der Waals surface area (Å²) in [6.45, 7) is 6.44. The minimum absolute atomic E-state index is 0.578. The molecule has 0 atom stereocenters. The van der Waals surface area contributed by atoms with Gasteiger partial charge in [-0.3, -0.25) is 0 Å². The molecule has 0 heterocycles. The van der Waals surface area contributed by atoms with Crippen LogP contribution < -0.4 is 4.74 Å². The van der Waals surface area contributed by atoms with Crippen molar-refractivity contribution in [1.82, 2.24) is 0 Å². The summed E-state index contributed by atoms with van der Waals surface area (Å²) in [5.74, 6) is 1.38. The molecule has 0 saturated heterocycles. The van der Waals surface area contributed by atoms with Crippen LogP contribution in [0.5, 0.6) is 5.75 Å². The molecule has 0 aliphatic rings. The van der Waals surface area contributed by atoms with Gasteiger partial charge < -0.3 is 9.47 Å². The highest BCUT2D eigenvalue weighted by atomic mass is 16.5. The summed E-state index contributed by atoms with van der Waals surface area (Å²) in [6.07, 6.45) is 0.882. The van der Waals surface area contributed by atoms with E-state index in [1.165, 1.54) is 0 Å². The van der Waals surface area contributed by atoms with Crippen LogP contribution in [-0.2, 0) is 4.74 Å². The molecule has 0 fully saturated rings. The Balaban J connectivity index is 2.12. The Hall–Kier alpha value is -1.53. The Labute approximate surface area is 103 Å². The minimum Gasteiger partial charge on any atom is -0.494 e. The van der Waals surface area contributed by atoms with E-state index < -0.39 is 0 Å². The van der Waals surface area contributed by atoms with Crippen LogP contribution in [0.2, 0.25) is 0 Å². The van der Waals surface area contributed by atoms with Gasteiger partial charge in [0.05, 0.1) is 18.2 Å². The molecule has 3 nitrogen and oxygen atoms in total. The molecule has 0 unspecified atom stereocenters. The first-order chi connectivity index (χ1) is 8.22. The lowest BCUT2D eigenvalue weighted by atomic mass is 10.2. The zero-order chi connectivity index (χ0) is 12.5. The van der Waals surface area contributed by atoms with Crippen LogP contribution in [0, 0.1) is 17.2 Å². The van der Waals surface area contributed by atoms with Crippen molar-refractivity contribution in [1.29, 1.82) is 5.26 Å². The van der Waals surface area contributed by atoms with Crippen LogP contribution in [0.15, 0.2) is 24.3 Å². The van der Waals surface area contributed by atoms with Gasteiger partial charge in [0.1, 0.15) is 5.75 Å². The molecule has 0 radical (unpaired) electrons. The van der Waals surface area contributed by atoms with E-state index >= 15 is 0 Å². The molecule has 0 aliphatic carbocycles. The molecular formula is C14H19NO2. The van der Waals surface area contributed by atoms with Crippen molar-refractivity contribution in [2.45, 2.75) is 20.3 Å². The number of nitrogens with zero attached hydrogens (tertiary/aromatic N) is 1. The highest BCUT2D eigenvalue weighted by molar-refractivity contribution is 5.34. The number of rotatable bonds is 7. The van der Waals surface area contributed by atoms with Crippen LogP contribution >= 0.6 is 0 Å². The van der Waals surface area contributed by atoms with Gasteiger partial charge in [-0.2, -0.15) is 5.26 Å². The molecule has 1 rings (SSSR count). The fourth-order valence-corrected chi connectivity index (χ4v) is 1.30. The van der Waals surface area contributed by atoms with Crippen molar-refractivity contribution in [3.05, 3.63) is 29.8 Å². The normalized spacial score (nSPS) is 10.2. The van der Waals surface area contributed by atoms with Crippen molar-refractivity contribution < 1.29 is 9.47 Å². The second-order valence-electron chi connectivity index (χ2n) is 4.31. The van der Waals surface area contributed by atoms with Gasteiger partial charge in [0.25, 0.3) is 0 Å². The maximum absolute atomic E-state index is 8.64. The molecule has 1 aromatic carbocycles. The van der Waals surface area contributed by atoms with Crippen molar-refractivity contribution in [2.75, 3.05) is 19.8 Å². The third kappa shape index (κ3) is 5.94. The first kappa shape index (κ1) is 13.5. The van der Waals surface area contributed by atoms with Crippen LogP contribution in [0.3, 0.4) is 0 Å². The largest absolute Gasteiger partial charge is 0.494 e. The monoisotopic (exact) mass is 233 g/mol. The summed E-state index contributed by atoms with van der Waals surface area (Å²) in [4.78, 5) is 0. The SMILES string of the molecule is CC(C)COCCCOc1ccc(C#N)cc1. The molecule has 1 aromatic rings. The van der Waals surface area contributed by atoms with Crippen molar-refractivity contribution in [3.8, 4) is 11.8 Å². The standard InChI is InChI=1S/C14H19NO2/c1-12(2)11-16-8-3-9-17-14-6-4-13(10-15)5-7-14/h4-7,12H,3,8-9,11H2,1-2H3. The topological polar surface area (TPSA) is 42.2 Å². The van der Waals surface area contributed by atoms with Gasteiger partial charge in [0.15, 0.2) is 0 Å². The Bertz CT molecular complexity index is 351. The smallest absolute Gasteiger partial charge is 0.119 e. The molecule has 0 N–H and O–H groups in total. The van der Waals surface area contributed by atoms with Crippen molar-refractivity contribution in [2.24, 2.45) is 5.92 Å². The summed E-state index contributed by atoms with van der Waals surface area (Å²) in [6, 6.07) is 9.21. The van der Waals surface area contributed by atoms with Crippen molar-refractivity contribution >= 4 is 0 Å². The Morgan fingerprint density at radius 2 is 1.88 bits per heavy atom. The van der Waals surface area contributed by atoms with Gasteiger partial charge in [-0.1, -0.05) is 13.8 Å². The summed E-state index contributed by atoms with van der Waals surface area (Å²) in [7, 11) is 0. The molecule has 92 valence electrons. The fraction of sp³-hybridized carbons (Fsp3) is 0.500. The summed E-state index contributed by atoms with van der Waals surface area (Å²) in [5, 5.41) is 8.64. The number of hydrogen-bond donors (Lipinski definition) is 0. The lowest BCUT2D eigenvalue weighted by molar-refractivity contribution is 0.0981. The van der Waals surface area contributed by atoms with E-state index in [0.717, 1.165) is 25.4 Å². The van der Waals surface area contributed by atoms with Gasteiger partial charge in [0, 0.05) is 19.6 Å². The predicted octanol–water partition coefficient (Wildman–Crippen LogP) is 3.00. The number of nitriles is 1. The van der Waals surface area contributed by atoms with Gasteiger partial charge in [-0.05, 0) is 30.2 Å². The molecular weight excluding hydrogens is 214 g/mol. The average molecular weight is 233 g/mol. The number of benzene rings is 1. The Morgan fingerprint density at radius 1 is 1.18 bits per heavy atom. The van der Waals surface area contributed by atoms with E-state index in [-0.39, 0.29) is 0 Å². The quantitative estimate of drug-likeness (QED) is 0.680. The average Bonchev–Trinajstić information content (AvgIpc) is 2.34. The van der Waals surface area contributed by atoms with E-state index in [1.54, 1.807) is 12.1 Å². The highest BCUT2D eigenvalue weighted by Gasteiger charge is 1.96. The zero-order valence-corrected chi connectivity index (χ0v) is 10.5. The van der Waals surface area contributed by atoms with Gasteiger partial charge in [-0.25, -0.2) is 0 Å². The van der Waals surface area contributed by atoms with Crippen LogP contribution in [0.4, 0.5) is 0 Å². The van der Waals surface area contributed by atoms with Crippen LogP contribution in [-0.4, -0.2) is 19.8 Å². The summed E-state index contributed by atoms with van der Waals surface area (Å²) in [5.41, 5.74) is 0.651. The lowest BCUT2D eigenvalue weighted by Gasteiger charge is -2.08. The lowest BCUT2D eigenvalue weighted by Crippen LogP contribution is -2.06. The van der Waals surface area contributed by atoms with Gasteiger partial charge in [-0.15, -0.1) is 0 Å². The third-order valence-electron chi connectivity index (χ3n) is 2.14.